The minimum atomic E-state index is -4.16. The molecule has 1 saturated heterocycles. The first-order valence-electron chi connectivity index (χ1n) is 7.97. The fourth-order valence-corrected chi connectivity index (χ4v) is 2.60. The van der Waals surface area contributed by atoms with Crippen LogP contribution in [0.4, 0.5) is 13.2 Å². The van der Waals surface area contributed by atoms with Gasteiger partial charge in [0.15, 0.2) is 11.8 Å². The molecule has 2 N–H and O–H groups in total. The van der Waals surface area contributed by atoms with Crippen LogP contribution in [0.3, 0.4) is 0 Å². The van der Waals surface area contributed by atoms with Crippen LogP contribution in [0.1, 0.15) is 25.0 Å². The average molecular weight is 475 g/mol. The smallest absolute Gasteiger partial charge is 0.357 e. The molecular formula is C14H25F3IN7. The maximum absolute atomic E-state index is 12.5. The van der Waals surface area contributed by atoms with Crippen molar-refractivity contribution in [2.24, 2.45) is 12.0 Å². The first kappa shape index (κ1) is 21.9. The largest absolute Gasteiger partial charge is 0.401 e. The molecule has 1 atom stereocenters. The summed E-state index contributed by atoms with van der Waals surface area (Å²) in [6.07, 6.45) is -3.50. The average Bonchev–Trinajstić information content (AvgIpc) is 3.03. The van der Waals surface area contributed by atoms with Gasteiger partial charge in [-0.1, -0.05) is 0 Å². The number of hydrogen-bond donors (Lipinski definition) is 2. The lowest BCUT2D eigenvalue weighted by molar-refractivity contribution is -0.143. The molecule has 11 heteroatoms. The Balaban J connectivity index is 0.00000312. The highest BCUT2D eigenvalue weighted by Crippen LogP contribution is 2.19. The molecule has 0 spiro atoms. The summed E-state index contributed by atoms with van der Waals surface area (Å²) in [5, 5.41) is 14.3. The van der Waals surface area contributed by atoms with Crippen LogP contribution in [0.2, 0.25) is 0 Å². The normalized spacial score (nSPS) is 19.0. The molecule has 7 nitrogen and oxygen atoms in total. The van der Waals surface area contributed by atoms with Crippen molar-refractivity contribution in [2.45, 2.75) is 39.0 Å². The van der Waals surface area contributed by atoms with E-state index in [2.05, 4.69) is 25.8 Å². The third-order valence-corrected chi connectivity index (χ3v) is 3.92. The van der Waals surface area contributed by atoms with Gasteiger partial charge < -0.3 is 15.2 Å². The Morgan fingerprint density at radius 1 is 1.36 bits per heavy atom. The molecule has 1 aromatic rings. The summed E-state index contributed by atoms with van der Waals surface area (Å²) >= 11 is 0. The fourth-order valence-electron chi connectivity index (χ4n) is 2.60. The van der Waals surface area contributed by atoms with Crippen molar-refractivity contribution < 1.29 is 13.2 Å². The first-order chi connectivity index (χ1) is 11.3. The number of rotatable bonds is 5. The molecule has 1 aliphatic rings. The molecule has 1 fully saturated rings. The van der Waals surface area contributed by atoms with Crippen molar-refractivity contribution in [1.82, 2.24) is 30.3 Å². The predicted molar refractivity (Wildman–Crippen MR) is 100 cm³/mol. The minimum absolute atomic E-state index is 0. The number of hydrogen-bond acceptors (Lipinski definition) is 4. The highest BCUT2D eigenvalue weighted by Gasteiger charge is 2.34. The van der Waals surface area contributed by atoms with Gasteiger partial charge >= 0.3 is 6.18 Å². The van der Waals surface area contributed by atoms with Gasteiger partial charge in [0.2, 0.25) is 0 Å². The molecule has 1 aliphatic heterocycles. The minimum Gasteiger partial charge on any atom is -0.357 e. The summed E-state index contributed by atoms with van der Waals surface area (Å²) in [5.74, 6) is 2.11. The monoisotopic (exact) mass is 475 g/mol. The second-order valence-corrected chi connectivity index (χ2v) is 5.90. The number of likely N-dealkylation sites (tertiary alicyclic amines) is 1. The van der Waals surface area contributed by atoms with E-state index in [1.165, 1.54) is 4.90 Å². The van der Waals surface area contributed by atoms with Gasteiger partial charge in [-0.25, -0.2) is 4.99 Å². The summed E-state index contributed by atoms with van der Waals surface area (Å²) in [7, 11) is 1.87. The van der Waals surface area contributed by atoms with E-state index >= 15 is 0 Å². The van der Waals surface area contributed by atoms with Gasteiger partial charge in [0, 0.05) is 32.7 Å². The predicted octanol–water partition coefficient (Wildman–Crippen LogP) is 1.43. The van der Waals surface area contributed by atoms with Crippen molar-refractivity contribution >= 4 is 29.9 Å². The van der Waals surface area contributed by atoms with Crippen molar-refractivity contribution in [3.05, 3.63) is 11.6 Å². The van der Waals surface area contributed by atoms with Gasteiger partial charge in [-0.3, -0.25) is 4.90 Å². The zero-order valence-corrected chi connectivity index (χ0v) is 16.9. The molecule has 0 aliphatic carbocycles. The molecule has 0 saturated carbocycles. The van der Waals surface area contributed by atoms with E-state index in [0.717, 1.165) is 11.6 Å². The third kappa shape index (κ3) is 6.96. The molecule has 0 amide bonds. The van der Waals surface area contributed by atoms with Crippen LogP contribution >= 0.6 is 24.0 Å². The number of nitrogens with one attached hydrogen (secondary N) is 2. The maximum Gasteiger partial charge on any atom is 0.401 e. The van der Waals surface area contributed by atoms with Crippen molar-refractivity contribution in [3.8, 4) is 0 Å². The number of alkyl halides is 3. The van der Waals surface area contributed by atoms with E-state index in [4.69, 9.17) is 0 Å². The number of aryl methyl sites for hydroxylation is 1. The van der Waals surface area contributed by atoms with Crippen LogP contribution in [0.25, 0.3) is 0 Å². The van der Waals surface area contributed by atoms with Gasteiger partial charge in [-0.05, 0) is 20.3 Å². The van der Waals surface area contributed by atoms with E-state index in [9.17, 15) is 13.2 Å². The topological polar surface area (TPSA) is 70.4 Å². The lowest BCUT2D eigenvalue weighted by Gasteiger charge is -2.19. The number of guanidine groups is 1. The highest BCUT2D eigenvalue weighted by molar-refractivity contribution is 14.0. The molecule has 0 aromatic carbocycles. The first-order valence-corrected chi connectivity index (χ1v) is 7.97. The summed E-state index contributed by atoms with van der Waals surface area (Å²) in [6.45, 7) is 4.74. The summed E-state index contributed by atoms with van der Waals surface area (Å²) < 4.78 is 39.2. The van der Waals surface area contributed by atoms with Crippen molar-refractivity contribution in [2.75, 3.05) is 26.2 Å². The SMILES string of the molecule is CCNC(=NCc1nnc(C)n1C)NC1CCN(CC(F)(F)F)C1.I. The molecule has 2 heterocycles. The number of aliphatic imine (C=N–C) groups is 1. The fraction of sp³-hybridized carbons (Fsp3) is 0.786. The van der Waals surface area contributed by atoms with E-state index in [-0.39, 0.29) is 30.0 Å². The van der Waals surface area contributed by atoms with Crippen LogP contribution in [-0.4, -0.2) is 64.0 Å². The lowest BCUT2D eigenvalue weighted by Crippen LogP contribution is -2.45. The Bertz CT molecular complexity index is 573. The molecular weight excluding hydrogens is 450 g/mol. The number of halogens is 4. The second-order valence-electron chi connectivity index (χ2n) is 5.90. The van der Waals surface area contributed by atoms with Crippen molar-refractivity contribution in [3.63, 3.8) is 0 Å². The van der Waals surface area contributed by atoms with Crippen LogP contribution in [0.5, 0.6) is 0 Å². The van der Waals surface area contributed by atoms with E-state index in [0.29, 0.717) is 38.6 Å². The Morgan fingerprint density at radius 3 is 2.64 bits per heavy atom. The van der Waals surface area contributed by atoms with Crippen LogP contribution in [0, 0.1) is 6.92 Å². The van der Waals surface area contributed by atoms with Gasteiger partial charge in [0.1, 0.15) is 12.4 Å². The Kier molecular flexibility index (Phi) is 8.38. The quantitative estimate of drug-likeness (QED) is 0.383. The molecule has 1 aromatic heterocycles. The standard InChI is InChI=1S/C14H24F3N7.HI/c1-4-18-13(19-7-12-22-21-10(2)23(12)3)20-11-5-6-24(8-11)9-14(15,16)17;/h11H,4-9H2,1-3H3,(H2,18,19,20);1H. The number of aromatic nitrogens is 3. The lowest BCUT2D eigenvalue weighted by atomic mass is 10.3. The summed E-state index contributed by atoms with van der Waals surface area (Å²) in [5.41, 5.74) is 0. The zero-order valence-electron chi connectivity index (χ0n) is 14.6. The van der Waals surface area contributed by atoms with Gasteiger partial charge in [0.05, 0.1) is 6.54 Å². The van der Waals surface area contributed by atoms with Crippen LogP contribution < -0.4 is 10.6 Å². The van der Waals surface area contributed by atoms with Crippen LogP contribution in [-0.2, 0) is 13.6 Å². The molecule has 0 bridgehead atoms. The summed E-state index contributed by atoms with van der Waals surface area (Å²) in [6, 6.07) is -0.0496. The van der Waals surface area contributed by atoms with Crippen molar-refractivity contribution in [1.29, 1.82) is 0 Å². The van der Waals surface area contributed by atoms with Gasteiger partial charge in [-0.2, -0.15) is 13.2 Å². The molecule has 2 rings (SSSR count). The molecule has 1 unspecified atom stereocenters. The highest BCUT2D eigenvalue weighted by atomic mass is 127. The Labute approximate surface area is 162 Å². The van der Waals surface area contributed by atoms with E-state index in [1.807, 2.05) is 25.5 Å². The van der Waals surface area contributed by atoms with E-state index < -0.39 is 12.7 Å². The Hall–Kier alpha value is -1.11. The number of nitrogens with zero attached hydrogens (tertiary/aromatic N) is 5. The maximum atomic E-state index is 12.5. The summed E-state index contributed by atoms with van der Waals surface area (Å²) in [4.78, 5) is 5.86. The van der Waals surface area contributed by atoms with Gasteiger partial charge in [0.25, 0.3) is 0 Å². The second kappa shape index (κ2) is 9.55. The molecule has 25 heavy (non-hydrogen) atoms. The third-order valence-electron chi connectivity index (χ3n) is 3.92. The molecule has 144 valence electrons. The van der Waals surface area contributed by atoms with Crippen LogP contribution in [0.15, 0.2) is 4.99 Å². The molecule has 0 radical (unpaired) electrons. The van der Waals surface area contributed by atoms with E-state index in [1.54, 1.807) is 0 Å². The van der Waals surface area contributed by atoms with Gasteiger partial charge in [-0.15, -0.1) is 34.2 Å². The Morgan fingerprint density at radius 2 is 2.08 bits per heavy atom. The zero-order chi connectivity index (χ0) is 17.7.